The van der Waals surface area contributed by atoms with Crippen molar-refractivity contribution in [3.8, 4) is 0 Å². The smallest absolute Gasteiger partial charge is 0.0225 e. The van der Waals surface area contributed by atoms with Crippen LogP contribution in [-0.2, 0) is 0 Å². The molecule has 1 aliphatic carbocycles. The van der Waals surface area contributed by atoms with Crippen molar-refractivity contribution in [2.24, 2.45) is 0 Å². The number of allylic oxidation sites excluding steroid dienone is 1. The molecule has 80 valence electrons. The molecule has 0 saturated heterocycles. The van der Waals surface area contributed by atoms with E-state index < -0.39 is 0 Å². The fourth-order valence-electron chi connectivity index (χ4n) is 2.56. The number of rotatable bonds is 1. The summed E-state index contributed by atoms with van der Waals surface area (Å²) in [5.41, 5.74) is 2.86. The summed E-state index contributed by atoms with van der Waals surface area (Å²) in [6.07, 6.45) is 5.76. The Bertz CT molecular complexity index is 581. The molecule has 0 aliphatic heterocycles. The summed E-state index contributed by atoms with van der Waals surface area (Å²) in [4.78, 5) is 0. The van der Waals surface area contributed by atoms with E-state index >= 15 is 0 Å². The molecule has 16 heavy (non-hydrogen) atoms. The van der Waals surface area contributed by atoms with Gasteiger partial charge in [0.2, 0.25) is 0 Å². The van der Waals surface area contributed by atoms with Gasteiger partial charge < -0.3 is 0 Å². The van der Waals surface area contributed by atoms with E-state index in [0.29, 0.717) is 5.92 Å². The third-order valence-corrected chi connectivity index (χ3v) is 4.04. The van der Waals surface area contributed by atoms with Gasteiger partial charge in [-0.2, -0.15) is 0 Å². The second-order valence-electron chi connectivity index (χ2n) is 4.28. The number of hydrogen-bond acceptors (Lipinski definition) is 0. The first-order chi connectivity index (χ1) is 7.81. The standard InChI is InChI=1S/C15H13Br/c1-2-10-7-8-13-12-6-4-3-5-11(12)9-14(16)15(10)13/h3-10H,2H2,1H3. The summed E-state index contributed by atoms with van der Waals surface area (Å²) >= 11 is 3.71. The van der Waals surface area contributed by atoms with Crippen molar-refractivity contribution in [2.75, 3.05) is 0 Å². The molecular formula is C15H13Br. The van der Waals surface area contributed by atoms with Crippen molar-refractivity contribution < 1.29 is 0 Å². The lowest BCUT2D eigenvalue weighted by atomic mass is 9.95. The minimum Gasteiger partial charge on any atom is -0.0763 e. The van der Waals surface area contributed by atoms with Crippen molar-refractivity contribution in [3.05, 3.63) is 52.0 Å². The minimum atomic E-state index is 0.578. The quantitative estimate of drug-likeness (QED) is 0.676. The largest absolute Gasteiger partial charge is 0.0763 e. The van der Waals surface area contributed by atoms with Crippen LogP contribution in [0.5, 0.6) is 0 Å². The Kier molecular flexibility index (Phi) is 2.36. The summed E-state index contributed by atoms with van der Waals surface area (Å²) in [5, 5.41) is 2.68. The molecule has 2 aromatic carbocycles. The molecular weight excluding hydrogens is 260 g/mol. The van der Waals surface area contributed by atoms with Crippen LogP contribution < -0.4 is 0 Å². The molecule has 0 aromatic heterocycles. The molecule has 0 heterocycles. The zero-order valence-corrected chi connectivity index (χ0v) is 10.8. The lowest BCUT2D eigenvalue weighted by Gasteiger charge is -2.13. The van der Waals surface area contributed by atoms with Crippen LogP contribution in [0.4, 0.5) is 0 Å². The third-order valence-electron chi connectivity index (χ3n) is 3.39. The molecule has 0 spiro atoms. The van der Waals surface area contributed by atoms with E-state index in [1.807, 2.05) is 0 Å². The lowest BCUT2D eigenvalue weighted by molar-refractivity contribution is 0.815. The molecule has 2 aromatic rings. The van der Waals surface area contributed by atoms with Crippen molar-refractivity contribution in [1.29, 1.82) is 0 Å². The first-order valence-electron chi connectivity index (χ1n) is 5.70. The average Bonchev–Trinajstić information content (AvgIpc) is 2.74. The van der Waals surface area contributed by atoms with Gasteiger partial charge in [0.1, 0.15) is 0 Å². The number of hydrogen-bond donors (Lipinski definition) is 0. The predicted octanol–water partition coefficient (Wildman–Crippen LogP) is 5.12. The molecule has 0 fully saturated rings. The first kappa shape index (κ1) is 10.1. The highest BCUT2D eigenvalue weighted by Gasteiger charge is 2.20. The summed E-state index contributed by atoms with van der Waals surface area (Å²) < 4.78 is 1.25. The van der Waals surface area contributed by atoms with Gasteiger partial charge in [0.05, 0.1) is 0 Å². The van der Waals surface area contributed by atoms with Crippen LogP contribution in [0.2, 0.25) is 0 Å². The van der Waals surface area contributed by atoms with E-state index in [-0.39, 0.29) is 0 Å². The van der Waals surface area contributed by atoms with Crippen LogP contribution in [0, 0.1) is 0 Å². The highest BCUT2D eigenvalue weighted by molar-refractivity contribution is 9.10. The van der Waals surface area contributed by atoms with Crippen LogP contribution in [-0.4, -0.2) is 0 Å². The molecule has 0 N–H and O–H groups in total. The average molecular weight is 273 g/mol. The highest BCUT2D eigenvalue weighted by Crippen LogP contribution is 2.41. The molecule has 3 rings (SSSR count). The van der Waals surface area contributed by atoms with Gasteiger partial charge in [0, 0.05) is 10.4 Å². The van der Waals surface area contributed by atoms with Crippen LogP contribution in [0.15, 0.2) is 40.9 Å². The van der Waals surface area contributed by atoms with Gasteiger partial charge in [0.15, 0.2) is 0 Å². The molecule has 1 aliphatic rings. The summed E-state index contributed by atoms with van der Waals surface area (Å²) in [7, 11) is 0. The molecule has 0 radical (unpaired) electrons. The van der Waals surface area contributed by atoms with Crippen LogP contribution in [0.25, 0.3) is 16.8 Å². The van der Waals surface area contributed by atoms with E-state index in [4.69, 9.17) is 0 Å². The summed E-state index contributed by atoms with van der Waals surface area (Å²) in [5.74, 6) is 0.578. The van der Waals surface area contributed by atoms with E-state index in [0.717, 1.165) is 0 Å². The van der Waals surface area contributed by atoms with Crippen LogP contribution in [0.3, 0.4) is 0 Å². The maximum absolute atomic E-state index is 3.71. The minimum absolute atomic E-state index is 0.578. The fraction of sp³-hybridized carbons (Fsp3) is 0.200. The Balaban J connectivity index is 2.38. The Morgan fingerprint density at radius 1 is 1.25 bits per heavy atom. The fourth-order valence-corrected chi connectivity index (χ4v) is 3.32. The Hall–Kier alpha value is -1.08. The maximum atomic E-state index is 3.71. The zero-order chi connectivity index (χ0) is 11.1. The normalized spacial score (nSPS) is 18.0. The Morgan fingerprint density at radius 2 is 2.06 bits per heavy atom. The lowest BCUT2D eigenvalue weighted by Crippen LogP contribution is -1.93. The van der Waals surface area contributed by atoms with Crippen molar-refractivity contribution in [3.63, 3.8) is 0 Å². The summed E-state index contributed by atoms with van der Waals surface area (Å²) in [6, 6.07) is 10.8. The number of benzene rings is 2. The molecule has 1 unspecified atom stereocenters. The number of fused-ring (bicyclic) bond motifs is 3. The Labute approximate surface area is 104 Å². The van der Waals surface area contributed by atoms with Gasteiger partial charge in [-0.3, -0.25) is 0 Å². The van der Waals surface area contributed by atoms with Gasteiger partial charge in [-0.05, 0) is 34.4 Å². The topological polar surface area (TPSA) is 0 Å². The van der Waals surface area contributed by atoms with E-state index in [2.05, 4.69) is 65.3 Å². The molecule has 0 bridgehead atoms. The Morgan fingerprint density at radius 3 is 2.88 bits per heavy atom. The second kappa shape index (κ2) is 3.74. The second-order valence-corrected chi connectivity index (χ2v) is 5.14. The summed E-state index contributed by atoms with van der Waals surface area (Å²) in [6.45, 7) is 2.24. The van der Waals surface area contributed by atoms with Crippen LogP contribution in [0.1, 0.15) is 30.4 Å². The van der Waals surface area contributed by atoms with Gasteiger partial charge in [-0.15, -0.1) is 0 Å². The maximum Gasteiger partial charge on any atom is 0.0225 e. The molecule has 0 amide bonds. The predicted molar refractivity (Wildman–Crippen MR) is 73.7 cm³/mol. The zero-order valence-electron chi connectivity index (χ0n) is 9.20. The van der Waals surface area contributed by atoms with E-state index in [1.165, 1.54) is 32.8 Å². The van der Waals surface area contributed by atoms with Gasteiger partial charge in [0.25, 0.3) is 0 Å². The highest BCUT2D eigenvalue weighted by atomic mass is 79.9. The molecule has 0 saturated carbocycles. The van der Waals surface area contributed by atoms with Gasteiger partial charge in [-0.1, -0.05) is 59.3 Å². The third kappa shape index (κ3) is 1.35. The van der Waals surface area contributed by atoms with E-state index in [1.54, 1.807) is 0 Å². The SMILES string of the molecule is CCC1C=Cc2c1c(Br)cc1ccccc21. The van der Waals surface area contributed by atoms with Crippen LogP contribution >= 0.6 is 15.9 Å². The van der Waals surface area contributed by atoms with E-state index in [9.17, 15) is 0 Å². The first-order valence-corrected chi connectivity index (χ1v) is 6.50. The molecule has 1 atom stereocenters. The molecule has 0 nitrogen and oxygen atoms in total. The van der Waals surface area contributed by atoms with Crippen molar-refractivity contribution in [1.82, 2.24) is 0 Å². The van der Waals surface area contributed by atoms with Gasteiger partial charge in [-0.25, -0.2) is 0 Å². The number of halogens is 1. The monoisotopic (exact) mass is 272 g/mol. The van der Waals surface area contributed by atoms with Crippen molar-refractivity contribution in [2.45, 2.75) is 19.3 Å². The van der Waals surface area contributed by atoms with Gasteiger partial charge >= 0.3 is 0 Å². The van der Waals surface area contributed by atoms with Crippen molar-refractivity contribution >= 4 is 32.8 Å². The molecule has 1 heteroatoms.